The van der Waals surface area contributed by atoms with Gasteiger partial charge in [-0.2, -0.15) is 0 Å². The minimum absolute atomic E-state index is 0.184. The van der Waals surface area contributed by atoms with Gasteiger partial charge in [-0.1, -0.05) is 60.7 Å². The minimum atomic E-state index is -1.03. The molecule has 36 heavy (non-hydrogen) atoms. The number of hydrogen-bond donors (Lipinski definition) is 0. The molecule has 0 radical (unpaired) electrons. The molecule has 5 rings (SSSR count). The molecule has 0 aromatic heterocycles. The van der Waals surface area contributed by atoms with Gasteiger partial charge in [0.15, 0.2) is 0 Å². The van der Waals surface area contributed by atoms with Gasteiger partial charge in [0.2, 0.25) is 0 Å². The molecule has 4 nitrogen and oxygen atoms in total. The summed E-state index contributed by atoms with van der Waals surface area (Å²) in [6.45, 7) is 1.38. The van der Waals surface area contributed by atoms with E-state index in [1.54, 1.807) is 0 Å². The molecule has 0 N–H and O–H groups in total. The SMILES string of the molecule is COC(=O)c1c(F)cc(C2CC(CN(C)Cc3cccc4ccccc34)Oc3ccccc32)cc1F. The molecule has 0 spiro atoms. The standard InChI is InChI=1S/C30H27F2NO3/c1-33(17-20-10-7-9-19-8-3-4-11-23(19)20)18-22-16-25(24-12-5-6-13-28(24)36-22)21-14-26(31)29(27(32)15-21)30(34)35-2/h3-15,22,25H,16-18H2,1-2H3. The lowest BCUT2D eigenvalue weighted by Crippen LogP contribution is -2.36. The Balaban J connectivity index is 1.40. The number of methoxy groups -OCH3 is 1. The van der Waals surface area contributed by atoms with Crippen molar-refractivity contribution in [3.05, 3.63) is 113 Å². The third kappa shape index (κ3) is 4.69. The zero-order valence-corrected chi connectivity index (χ0v) is 20.2. The van der Waals surface area contributed by atoms with Crippen LogP contribution in [0.4, 0.5) is 8.78 Å². The van der Waals surface area contributed by atoms with Crippen molar-refractivity contribution < 1.29 is 23.0 Å². The van der Waals surface area contributed by atoms with Crippen molar-refractivity contribution in [2.45, 2.75) is 25.0 Å². The van der Waals surface area contributed by atoms with Crippen LogP contribution in [0.3, 0.4) is 0 Å². The van der Waals surface area contributed by atoms with Crippen molar-refractivity contribution >= 4 is 16.7 Å². The molecule has 0 aliphatic carbocycles. The van der Waals surface area contributed by atoms with E-state index >= 15 is 0 Å². The summed E-state index contributed by atoms with van der Waals surface area (Å²) in [7, 11) is 3.15. The zero-order chi connectivity index (χ0) is 25.2. The lowest BCUT2D eigenvalue weighted by Gasteiger charge is -2.34. The predicted octanol–water partition coefficient (Wildman–Crippen LogP) is 6.32. The highest BCUT2D eigenvalue weighted by Crippen LogP contribution is 2.41. The molecule has 184 valence electrons. The van der Waals surface area contributed by atoms with Crippen LogP contribution in [0.5, 0.6) is 5.75 Å². The summed E-state index contributed by atoms with van der Waals surface area (Å²) in [4.78, 5) is 14.0. The largest absolute Gasteiger partial charge is 0.489 e. The molecule has 1 aliphatic rings. The Labute approximate surface area is 209 Å². The Bertz CT molecular complexity index is 1390. The van der Waals surface area contributed by atoms with E-state index in [-0.39, 0.29) is 12.0 Å². The summed E-state index contributed by atoms with van der Waals surface area (Å²) < 4.78 is 40.4. The van der Waals surface area contributed by atoms with Gasteiger partial charge in [-0.25, -0.2) is 13.6 Å². The molecular formula is C30H27F2NO3. The van der Waals surface area contributed by atoms with Crippen molar-refractivity contribution in [3.8, 4) is 5.75 Å². The van der Waals surface area contributed by atoms with Crippen LogP contribution in [0.25, 0.3) is 10.8 Å². The Morgan fingerprint density at radius 3 is 2.47 bits per heavy atom. The van der Waals surface area contributed by atoms with Crippen LogP contribution >= 0.6 is 0 Å². The second-order valence-electron chi connectivity index (χ2n) is 9.25. The average Bonchev–Trinajstić information content (AvgIpc) is 2.87. The highest BCUT2D eigenvalue weighted by atomic mass is 19.1. The van der Waals surface area contributed by atoms with E-state index in [0.29, 0.717) is 24.3 Å². The first kappa shape index (κ1) is 23.9. The fourth-order valence-electron chi connectivity index (χ4n) is 5.15. The topological polar surface area (TPSA) is 38.8 Å². The molecule has 1 heterocycles. The number of carbonyl (C=O) groups excluding carboxylic acids is 1. The number of rotatable bonds is 6. The molecule has 4 aromatic rings. The zero-order valence-electron chi connectivity index (χ0n) is 20.2. The third-order valence-corrected chi connectivity index (χ3v) is 6.78. The summed E-state index contributed by atoms with van der Waals surface area (Å²) in [5, 5.41) is 2.42. The number of likely N-dealkylation sites (N-methyl/N-ethyl adjacent to an activating group) is 1. The van der Waals surface area contributed by atoms with E-state index in [9.17, 15) is 13.6 Å². The van der Waals surface area contributed by atoms with Gasteiger partial charge >= 0.3 is 5.97 Å². The van der Waals surface area contributed by atoms with Crippen molar-refractivity contribution in [3.63, 3.8) is 0 Å². The lowest BCUT2D eigenvalue weighted by molar-refractivity contribution is 0.0589. The minimum Gasteiger partial charge on any atom is -0.489 e. The first-order valence-electron chi connectivity index (χ1n) is 11.9. The van der Waals surface area contributed by atoms with Crippen molar-refractivity contribution in [1.29, 1.82) is 0 Å². The number of fused-ring (bicyclic) bond motifs is 2. The van der Waals surface area contributed by atoms with Gasteiger partial charge in [0.25, 0.3) is 0 Å². The molecule has 0 bridgehead atoms. The second kappa shape index (κ2) is 10.1. The quantitative estimate of drug-likeness (QED) is 0.299. The van der Waals surface area contributed by atoms with Crippen LogP contribution in [0, 0.1) is 11.6 Å². The summed E-state index contributed by atoms with van der Waals surface area (Å²) in [5.41, 5.74) is 1.89. The number of carbonyl (C=O) groups is 1. The van der Waals surface area contributed by atoms with Gasteiger partial charge in [-0.05, 0) is 53.6 Å². The van der Waals surface area contributed by atoms with E-state index in [1.807, 2.05) is 43.4 Å². The van der Waals surface area contributed by atoms with E-state index in [4.69, 9.17) is 4.74 Å². The second-order valence-corrected chi connectivity index (χ2v) is 9.25. The monoisotopic (exact) mass is 487 g/mol. The lowest BCUT2D eigenvalue weighted by atomic mass is 9.83. The van der Waals surface area contributed by atoms with Gasteiger partial charge in [-0.15, -0.1) is 0 Å². The van der Waals surface area contributed by atoms with E-state index in [2.05, 4.69) is 40.0 Å². The van der Waals surface area contributed by atoms with Crippen LogP contribution in [-0.2, 0) is 11.3 Å². The van der Waals surface area contributed by atoms with E-state index in [1.165, 1.54) is 28.5 Å². The molecule has 2 atom stereocenters. The number of benzene rings is 4. The Morgan fingerprint density at radius 2 is 1.69 bits per heavy atom. The van der Waals surface area contributed by atoms with Crippen molar-refractivity contribution in [2.75, 3.05) is 20.7 Å². The van der Waals surface area contributed by atoms with Crippen LogP contribution in [0.1, 0.15) is 39.4 Å². The van der Waals surface area contributed by atoms with Crippen LogP contribution in [0.15, 0.2) is 78.9 Å². The maximum Gasteiger partial charge on any atom is 0.343 e. The third-order valence-electron chi connectivity index (χ3n) is 6.78. The number of esters is 1. The molecule has 1 aliphatic heterocycles. The summed E-state index contributed by atoms with van der Waals surface area (Å²) in [6.07, 6.45) is 0.365. The maximum atomic E-state index is 14.8. The molecule has 0 amide bonds. The van der Waals surface area contributed by atoms with Crippen LogP contribution in [-0.4, -0.2) is 37.7 Å². The average molecular weight is 488 g/mol. The number of hydrogen-bond acceptors (Lipinski definition) is 4. The van der Waals surface area contributed by atoms with Gasteiger partial charge in [0.05, 0.1) is 7.11 Å². The fraction of sp³-hybridized carbons (Fsp3) is 0.233. The molecule has 0 fully saturated rings. The molecule has 4 aromatic carbocycles. The molecule has 6 heteroatoms. The maximum absolute atomic E-state index is 14.8. The highest BCUT2D eigenvalue weighted by Gasteiger charge is 2.32. The van der Waals surface area contributed by atoms with Gasteiger partial charge < -0.3 is 9.47 Å². The fourth-order valence-corrected chi connectivity index (χ4v) is 5.15. The molecule has 0 saturated heterocycles. The molecule has 2 unspecified atom stereocenters. The Morgan fingerprint density at radius 1 is 1.00 bits per heavy atom. The number of halogens is 2. The normalized spacial score (nSPS) is 17.0. The predicted molar refractivity (Wildman–Crippen MR) is 135 cm³/mol. The molecular weight excluding hydrogens is 460 g/mol. The Hall–Kier alpha value is -3.77. The van der Waals surface area contributed by atoms with Crippen molar-refractivity contribution in [1.82, 2.24) is 4.90 Å². The van der Waals surface area contributed by atoms with E-state index < -0.39 is 23.2 Å². The molecule has 0 saturated carbocycles. The van der Waals surface area contributed by atoms with Crippen LogP contribution in [0.2, 0.25) is 0 Å². The number of ether oxygens (including phenoxy) is 2. The smallest absolute Gasteiger partial charge is 0.343 e. The van der Waals surface area contributed by atoms with Crippen LogP contribution < -0.4 is 4.74 Å². The Kier molecular flexibility index (Phi) is 6.70. The highest BCUT2D eigenvalue weighted by molar-refractivity contribution is 5.90. The van der Waals surface area contributed by atoms with E-state index in [0.717, 1.165) is 19.2 Å². The first-order valence-corrected chi connectivity index (χ1v) is 11.9. The van der Waals surface area contributed by atoms with Gasteiger partial charge in [0, 0.05) is 24.6 Å². The summed E-state index contributed by atoms with van der Waals surface area (Å²) >= 11 is 0. The first-order chi connectivity index (χ1) is 17.4. The van der Waals surface area contributed by atoms with Gasteiger partial charge in [-0.3, -0.25) is 4.90 Å². The van der Waals surface area contributed by atoms with Crippen molar-refractivity contribution in [2.24, 2.45) is 0 Å². The summed E-state index contributed by atoms with van der Waals surface area (Å²) in [5.74, 6) is -2.45. The van der Waals surface area contributed by atoms with Gasteiger partial charge in [0.1, 0.15) is 29.1 Å². The summed E-state index contributed by atoms with van der Waals surface area (Å²) in [6, 6.07) is 24.7. The number of nitrogens with zero attached hydrogens (tertiary/aromatic N) is 1. The number of para-hydroxylation sites is 1.